The number of nitrogens with zero attached hydrogens (tertiary/aromatic N) is 2. The summed E-state index contributed by atoms with van der Waals surface area (Å²) in [6.45, 7) is 2.81. The van der Waals surface area contributed by atoms with Crippen molar-refractivity contribution in [1.82, 2.24) is 10.1 Å². The number of benzene rings is 2. The van der Waals surface area contributed by atoms with E-state index in [0.29, 0.717) is 18.1 Å². The Balaban J connectivity index is 1.70. The first kappa shape index (κ1) is 14.3. The molecule has 22 heavy (non-hydrogen) atoms. The van der Waals surface area contributed by atoms with Gasteiger partial charge in [0.25, 0.3) is 5.89 Å². The summed E-state index contributed by atoms with van der Waals surface area (Å²) in [7, 11) is 0. The molecular weight excluding hydrogens is 276 g/mol. The van der Waals surface area contributed by atoms with Gasteiger partial charge < -0.3 is 9.26 Å². The second-order valence-corrected chi connectivity index (χ2v) is 5.05. The Hall–Kier alpha value is -2.62. The molecule has 0 spiro atoms. The molecule has 0 atom stereocenters. The highest BCUT2D eigenvalue weighted by atomic mass is 16.5. The number of aromatic nitrogens is 2. The van der Waals surface area contributed by atoms with Crippen molar-refractivity contribution < 1.29 is 9.26 Å². The molecule has 0 fully saturated rings. The van der Waals surface area contributed by atoms with Crippen LogP contribution >= 0.6 is 0 Å². The molecule has 4 nitrogen and oxygen atoms in total. The summed E-state index contributed by atoms with van der Waals surface area (Å²) in [5.74, 6) is 2.08. The maximum Gasteiger partial charge on any atom is 0.257 e. The molecule has 3 rings (SSSR count). The lowest BCUT2D eigenvalue weighted by Gasteiger charge is -2.03. The molecule has 0 aliphatic carbocycles. The normalized spacial score (nSPS) is 10.6. The second-order valence-electron chi connectivity index (χ2n) is 5.05. The SMILES string of the molecule is CCCOc1ccc(-c2nc(Cc3ccccc3)no2)cc1. The Morgan fingerprint density at radius 2 is 1.77 bits per heavy atom. The lowest BCUT2D eigenvalue weighted by Crippen LogP contribution is -1.94. The van der Waals surface area contributed by atoms with Gasteiger partial charge in [-0.1, -0.05) is 42.4 Å². The fraction of sp³-hybridized carbons (Fsp3) is 0.222. The number of hydrogen-bond donors (Lipinski definition) is 0. The quantitative estimate of drug-likeness (QED) is 0.686. The minimum absolute atomic E-state index is 0.535. The molecule has 0 unspecified atom stereocenters. The third kappa shape index (κ3) is 3.52. The van der Waals surface area contributed by atoms with Gasteiger partial charge in [-0.3, -0.25) is 0 Å². The molecule has 112 valence electrons. The van der Waals surface area contributed by atoms with Crippen LogP contribution in [-0.4, -0.2) is 16.7 Å². The van der Waals surface area contributed by atoms with Crippen molar-refractivity contribution in [3.8, 4) is 17.2 Å². The molecule has 4 heteroatoms. The Morgan fingerprint density at radius 1 is 1.00 bits per heavy atom. The molecule has 0 aliphatic heterocycles. The first-order valence-corrected chi connectivity index (χ1v) is 7.45. The topological polar surface area (TPSA) is 48.2 Å². The van der Waals surface area contributed by atoms with Crippen LogP contribution in [0.3, 0.4) is 0 Å². The monoisotopic (exact) mass is 294 g/mol. The summed E-state index contributed by atoms with van der Waals surface area (Å²) in [5, 5.41) is 4.04. The summed E-state index contributed by atoms with van der Waals surface area (Å²) >= 11 is 0. The number of rotatable bonds is 6. The molecule has 1 heterocycles. The molecule has 1 aromatic heterocycles. The predicted molar refractivity (Wildman–Crippen MR) is 84.8 cm³/mol. The first-order chi connectivity index (χ1) is 10.8. The van der Waals surface area contributed by atoms with Crippen LogP contribution in [0, 0.1) is 0 Å². The smallest absolute Gasteiger partial charge is 0.257 e. The zero-order chi connectivity index (χ0) is 15.2. The Labute approximate surface area is 129 Å². The summed E-state index contributed by atoms with van der Waals surface area (Å²) in [4.78, 5) is 4.45. The van der Waals surface area contributed by atoms with Crippen LogP contribution in [0.1, 0.15) is 24.7 Å². The highest BCUT2D eigenvalue weighted by Gasteiger charge is 2.09. The van der Waals surface area contributed by atoms with Crippen LogP contribution in [0.2, 0.25) is 0 Å². The van der Waals surface area contributed by atoms with Crippen molar-refractivity contribution >= 4 is 0 Å². The van der Waals surface area contributed by atoms with Gasteiger partial charge in [-0.2, -0.15) is 4.98 Å². The van der Waals surface area contributed by atoms with Crippen LogP contribution in [0.4, 0.5) is 0 Å². The molecule has 0 amide bonds. The van der Waals surface area contributed by atoms with Crippen molar-refractivity contribution in [2.24, 2.45) is 0 Å². The van der Waals surface area contributed by atoms with Gasteiger partial charge in [0.05, 0.1) is 6.61 Å². The van der Waals surface area contributed by atoms with Crippen LogP contribution in [0.25, 0.3) is 11.5 Å². The van der Waals surface area contributed by atoms with E-state index in [1.165, 1.54) is 0 Å². The zero-order valence-electron chi connectivity index (χ0n) is 12.5. The Morgan fingerprint density at radius 3 is 2.50 bits per heavy atom. The maximum absolute atomic E-state index is 5.56. The maximum atomic E-state index is 5.56. The van der Waals surface area contributed by atoms with Gasteiger partial charge in [0.2, 0.25) is 0 Å². The summed E-state index contributed by atoms with van der Waals surface area (Å²) in [6, 6.07) is 17.8. The highest BCUT2D eigenvalue weighted by Crippen LogP contribution is 2.21. The van der Waals surface area contributed by atoms with E-state index in [0.717, 1.165) is 29.9 Å². The molecule has 2 aromatic carbocycles. The van der Waals surface area contributed by atoms with Gasteiger partial charge in [-0.15, -0.1) is 0 Å². The van der Waals surface area contributed by atoms with E-state index in [2.05, 4.69) is 29.2 Å². The standard InChI is InChI=1S/C18H18N2O2/c1-2-12-21-16-10-8-15(9-11-16)18-19-17(20-22-18)13-14-6-4-3-5-7-14/h3-11H,2,12-13H2,1H3. The van der Waals surface area contributed by atoms with Crippen LogP contribution in [0.5, 0.6) is 5.75 Å². The van der Waals surface area contributed by atoms with Gasteiger partial charge in [0, 0.05) is 12.0 Å². The van der Waals surface area contributed by atoms with Gasteiger partial charge in [0.15, 0.2) is 5.82 Å². The zero-order valence-corrected chi connectivity index (χ0v) is 12.5. The van der Waals surface area contributed by atoms with Crippen LogP contribution in [0.15, 0.2) is 59.1 Å². The van der Waals surface area contributed by atoms with E-state index >= 15 is 0 Å². The minimum atomic E-state index is 0.535. The van der Waals surface area contributed by atoms with Crippen molar-refractivity contribution in [2.75, 3.05) is 6.61 Å². The Kier molecular flexibility index (Phi) is 4.49. The highest BCUT2D eigenvalue weighted by molar-refractivity contribution is 5.54. The fourth-order valence-corrected chi connectivity index (χ4v) is 2.14. The van der Waals surface area contributed by atoms with E-state index in [4.69, 9.17) is 9.26 Å². The van der Waals surface area contributed by atoms with Crippen molar-refractivity contribution in [3.05, 3.63) is 66.0 Å². The molecule has 0 aliphatic rings. The molecule has 0 radical (unpaired) electrons. The Bertz CT molecular complexity index is 705. The van der Waals surface area contributed by atoms with Gasteiger partial charge in [-0.05, 0) is 36.2 Å². The van der Waals surface area contributed by atoms with Crippen molar-refractivity contribution in [1.29, 1.82) is 0 Å². The third-order valence-corrected chi connectivity index (χ3v) is 3.25. The molecule has 0 saturated carbocycles. The van der Waals surface area contributed by atoms with E-state index in [1.54, 1.807) is 0 Å². The van der Waals surface area contributed by atoms with Crippen molar-refractivity contribution in [3.63, 3.8) is 0 Å². The fourth-order valence-electron chi connectivity index (χ4n) is 2.14. The van der Waals surface area contributed by atoms with E-state index in [1.807, 2.05) is 42.5 Å². The van der Waals surface area contributed by atoms with Gasteiger partial charge >= 0.3 is 0 Å². The summed E-state index contributed by atoms with van der Waals surface area (Å²) in [6.07, 6.45) is 1.66. The first-order valence-electron chi connectivity index (χ1n) is 7.45. The number of hydrogen-bond acceptors (Lipinski definition) is 4. The van der Waals surface area contributed by atoms with E-state index in [9.17, 15) is 0 Å². The van der Waals surface area contributed by atoms with Crippen molar-refractivity contribution in [2.45, 2.75) is 19.8 Å². The van der Waals surface area contributed by atoms with Gasteiger partial charge in [0.1, 0.15) is 5.75 Å². The second kappa shape index (κ2) is 6.89. The average molecular weight is 294 g/mol. The number of ether oxygens (including phenoxy) is 1. The van der Waals surface area contributed by atoms with E-state index < -0.39 is 0 Å². The lowest BCUT2D eigenvalue weighted by molar-refractivity contribution is 0.317. The summed E-state index contributed by atoms with van der Waals surface area (Å²) < 4.78 is 10.9. The van der Waals surface area contributed by atoms with E-state index in [-0.39, 0.29) is 0 Å². The average Bonchev–Trinajstić information content (AvgIpc) is 3.03. The van der Waals surface area contributed by atoms with Gasteiger partial charge in [-0.25, -0.2) is 0 Å². The largest absolute Gasteiger partial charge is 0.494 e. The predicted octanol–water partition coefficient (Wildman–Crippen LogP) is 4.12. The third-order valence-electron chi connectivity index (χ3n) is 3.25. The minimum Gasteiger partial charge on any atom is -0.494 e. The lowest BCUT2D eigenvalue weighted by atomic mass is 10.1. The molecular formula is C18H18N2O2. The summed E-state index contributed by atoms with van der Waals surface area (Å²) in [5.41, 5.74) is 2.06. The molecule has 0 saturated heterocycles. The van der Waals surface area contributed by atoms with Crippen LogP contribution in [-0.2, 0) is 6.42 Å². The molecule has 0 N–H and O–H groups in total. The molecule has 3 aromatic rings. The molecule has 0 bridgehead atoms. The van der Waals surface area contributed by atoms with Crippen LogP contribution < -0.4 is 4.74 Å².